The fourth-order valence-electron chi connectivity index (χ4n) is 1.96. The Bertz CT molecular complexity index is 440. The van der Waals surface area contributed by atoms with Crippen LogP contribution in [0.25, 0.3) is 0 Å². The summed E-state index contributed by atoms with van der Waals surface area (Å²) in [6, 6.07) is 7.00. The molecule has 0 spiro atoms. The van der Waals surface area contributed by atoms with Gasteiger partial charge in [-0.05, 0) is 18.2 Å². The minimum Gasteiger partial charge on any atom is -0.478 e. The van der Waals surface area contributed by atoms with Crippen molar-refractivity contribution in [1.82, 2.24) is 0 Å². The predicted molar refractivity (Wildman–Crippen MR) is 65.1 cm³/mol. The second-order valence-electron chi connectivity index (χ2n) is 4.67. The molecular weight excluding hydrogens is 234 g/mol. The maximum atomic E-state index is 11.0. The first kappa shape index (κ1) is 11.5. The van der Waals surface area contributed by atoms with Crippen molar-refractivity contribution >= 4 is 11.7 Å². The zero-order valence-electron chi connectivity index (χ0n) is 9.91. The normalized spacial score (nSPS) is 24.7. The van der Waals surface area contributed by atoms with Gasteiger partial charge in [0.2, 0.25) is 0 Å². The molecule has 18 heavy (non-hydrogen) atoms. The second kappa shape index (κ2) is 4.59. The van der Waals surface area contributed by atoms with Gasteiger partial charge in [-0.3, -0.25) is 0 Å². The molecule has 0 saturated carbocycles. The molecule has 3 rings (SSSR count). The first-order valence-electron chi connectivity index (χ1n) is 6.04. The van der Waals surface area contributed by atoms with Crippen LogP contribution in [0.1, 0.15) is 10.4 Å². The summed E-state index contributed by atoms with van der Waals surface area (Å²) in [5.41, 5.74) is 1.23. The lowest BCUT2D eigenvalue weighted by atomic mass is 10.2. The van der Waals surface area contributed by atoms with E-state index in [-0.39, 0.29) is 12.2 Å². The Kier molecular flexibility index (Phi) is 2.93. The molecule has 0 aliphatic carbocycles. The molecular formula is C13H15NO4. The number of ether oxygens (including phenoxy) is 2. The third kappa shape index (κ3) is 2.80. The molecule has 0 aromatic heterocycles. The van der Waals surface area contributed by atoms with E-state index in [1.54, 1.807) is 18.2 Å². The summed E-state index contributed by atoms with van der Waals surface area (Å²) in [5, 5.41) is 9.01. The highest BCUT2D eigenvalue weighted by Crippen LogP contribution is 2.23. The van der Waals surface area contributed by atoms with Gasteiger partial charge in [-0.15, -0.1) is 0 Å². The topological polar surface area (TPSA) is 65.6 Å². The number of carboxylic acid groups (broad SMARTS) is 1. The van der Waals surface area contributed by atoms with Crippen LogP contribution in [0.4, 0.5) is 5.69 Å². The number of rotatable bonds is 6. The smallest absolute Gasteiger partial charge is 0.335 e. The summed E-state index contributed by atoms with van der Waals surface area (Å²) >= 11 is 0. The van der Waals surface area contributed by atoms with E-state index in [0.29, 0.717) is 5.56 Å². The monoisotopic (exact) mass is 249 g/mol. The Hall–Kier alpha value is -1.59. The van der Waals surface area contributed by atoms with Gasteiger partial charge in [-0.2, -0.15) is 0 Å². The van der Waals surface area contributed by atoms with Crippen molar-refractivity contribution in [1.29, 1.82) is 0 Å². The average molecular weight is 249 g/mol. The summed E-state index contributed by atoms with van der Waals surface area (Å²) in [6.45, 7) is 3.17. The Morgan fingerprint density at radius 3 is 2.39 bits per heavy atom. The second-order valence-corrected chi connectivity index (χ2v) is 4.67. The molecule has 0 radical (unpaired) electrons. The maximum absolute atomic E-state index is 11.0. The molecule has 0 bridgehead atoms. The molecule has 1 N–H and O–H groups in total. The van der Waals surface area contributed by atoms with Crippen molar-refractivity contribution in [2.75, 3.05) is 31.2 Å². The van der Waals surface area contributed by atoms with Gasteiger partial charge in [-0.25, -0.2) is 4.79 Å². The summed E-state index contributed by atoms with van der Waals surface area (Å²) in [4.78, 5) is 13.1. The minimum atomic E-state index is -0.901. The molecule has 1 aromatic carbocycles. The molecule has 2 aliphatic rings. The highest BCUT2D eigenvalue weighted by molar-refractivity contribution is 5.88. The Morgan fingerprint density at radius 2 is 1.89 bits per heavy atom. The van der Waals surface area contributed by atoms with E-state index in [0.717, 1.165) is 32.0 Å². The molecule has 96 valence electrons. The molecule has 2 saturated heterocycles. The lowest BCUT2D eigenvalue weighted by molar-refractivity contribution is 0.0697. The number of epoxide rings is 2. The number of hydrogen-bond acceptors (Lipinski definition) is 4. The zero-order chi connectivity index (χ0) is 12.5. The van der Waals surface area contributed by atoms with Crippen LogP contribution in [0.3, 0.4) is 0 Å². The summed E-state index contributed by atoms with van der Waals surface area (Å²) in [5.74, 6) is -0.901. The number of nitrogens with zero attached hydrogens (tertiary/aromatic N) is 1. The van der Waals surface area contributed by atoms with Crippen LogP contribution in [0.5, 0.6) is 0 Å². The SMILES string of the molecule is O=C(O)c1cccc(N(CC2CO2)CC2CO2)c1. The minimum absolute atomic E-state index is 0.275. The van der Waals surface area contributed by atoms with Gasteiger partial charge >= 0.3 is 5.97 Å². The number of hydrogen-bond donors (Lipinski definition) is 1. The van der Waals surface area contributed by atoms with Crippen LogP contribution < -0.4 is 4.90 Å². The van der Waals surface area contributed by atoms with Crippen molar-refractivity contribution in [3.63, 3.8) is 0 Å². The van der Waals surface area contributed by atoms with Crippen LogP contribution >= 0.6 is 0 Å². The van der Waals surface area contributed by atoms with Crippen LogP contribution in [-0.4, -0.2) is 49.6 Å². The number of carbonyl (C=O) groups is 1. The van der Waals surface area contributed by atoms with Gasteiger partial charge in [-0.1, -0.05) is 6.07 Å². The van der Waals surface area contributed by atoms with E-state index >= 15 is 0 Å². The lowest BCUT2D eigenvalue weighted by Crippen LogP contribution is -2.31. The van der Waals surface area contributed by atoms with Crippen LogP contribution in [0.15, 0.2) is 24.3 Å². The molecule has 5 nitrogen and oxygen atoms in total. The summed E-state index contributed by atoms with van der Waals surface area (Å²) in [6.07, 6.45) is 0.550. The Morgan fingerprint density at radius 1 is 1.28 bits per heavy atom. The number of anilines is 1. The van der Waals surface area contributed by atoms with Gasteiger partial charge in [0.05, 0.1) is 31.0 Å². The van der Waals surface area contributed by atoms with E-state index in [1.807, 2.05) is 6.07 Å². The molecule has 2 fully saturated rings. The number of carboxylic acids is 1. The molecule has 2 heterocycles. The van der Waals surface area contributed by atoms with Crippen LogP contribution in [-0.2, 0) is 9.47 Å². The molecule has 0 amide bonds. The van der Waals surface area contributed by atoms with Crippen molar-refractivity contribution in [2.24, 2.45) is 0 Å². The first-order chi connectivity index (χ1) is 8.72. The quantitative estimate of drug-likeness (QED) is 0.761. The molecule has 2 atom stereocenters. The highest BCUT2D eigenvalue weighted by Gasteiger charge is 2.31. The van der Waals surface area contributed by atoms with Gasteiger partial charge in [0.15, 0.2) is 0 Å². The molecule has 5 heteroatoms. The van der Waals surface area contributed by atoms with Crippen molar-refractivity contribution in [2.45, 2.75) is 12.2 Å². The third-order valence-electron chi connectivity index (χ3n) is 3.11. The van der Waals surface area contributed by atoms with E-state index in [4.69, 9.17) is 14.6 Å². The fraction of sp³-hybridized carbons (Fsp3) is 0.462. The van der Waals surface area contributed by atoms with Gasteiger partial charge in [0.25, 0.3) is 0 Å². The fourth-order valence-corrected chi connectivity index (χ4v) is 1.96. The zero-order valence-corrected chi connectivity index (χ0v) is 9.91. The molecule has 2 aliphatic heterocycles. The first-order valence-corrected chi connectivity index (χ1v) is 6.04. The third-order valence-corrected chi connectivity index (χ3v) is 3.11. The summed E-state index contributed by atoms with van der Waals surface area (Å²) < 4.78 is 10.5. The predicted octanol–water partition coefficient (Wildman–Crippen LogP) is 0.989. The van der Waals surface area contributed by atoms with Crippen LogP contribution in [0, 0.1) is 0 Å². The molecule has 1 aromatic rings. The number of benzene rings is 1. The summed E-state index contributed by atoms with van der Waals surface area (Å²) in [7, 11) is 0. The Balaban J connectivity index is 1.77. The van der Waals surface area contributed by atoms with Gasteiger partial charge < -0.3 is 19.5 Å². The van der Waals surface area contributed by atoms with E-state index < -0.39 is 5.97 Å². The van der Waals surface area contributed by atoms with Crippen molar-refractivity contribution in [3.8, 4) is 0 Å². The van der Waals surface area contributed by atoms with Gasteiger partial charge in [0.1, 0.15) is 0 Å². The lowest BCUT2D eigenvalue weighted by Gasteiger charge is -2.23. The standard InChI is InChI=1S/C13H15NO4/c15-13(16)9-2-1-3-10(4-9)14(5-11-7-17-11)6-12-8-18-12/h1-4,11-12H,5-8H2,(H,15,16). The van der Waals surface area contributed by atoms with E-state index in [2.05, 4.69) is 4.90 Å². The van der Waals surface area contributed by atoms with Gasteiger partial charge in [0, 0.05) is 18.8 Å². The van der Waals surface area contributed by atoms with E-state index in [1.165, 1.54) is 0 Å². The van der Waals surface area contributed by atoms with Crippen molar-refractivity contribution in [3.05, 3.63) is 29.8 Å². The highest BCUT2D eigenvalue weighted by atomic mass is 16.6. The van der Waals surface area contributed by atoms with Crippen molar-refractivity contribution < 1.29 is 19.4 Å². The largest absolute Gasteiger partial charge is 0.478 e. The van der Waals surface area contributed by atoms with Crippen LogP contribution in [0.2, 0.25) is 0 Å². The molecule has 2 unspecified atom stereocenters. The van der Waals surface area contributed by atoms with E-state index in [9.17, 15) is 4.79 Å². The Labute approximate surface area is 105 Å². The number of aromatic carboxylic acids is 1. The average Bonchev–Trinajstić information content (AvgIpc) is 3.23. The maximum Gasteiger partial charge on any atom is 0.335 e.